The van der Waals surface area contributed by atoms with E-state index in [1.165, 1.54) is 126 Å². The maximum atomic E-state index is 4.13. The van der Waals surface area contributed by atoms with Gasteiger partial charge in [0.15, 0.2) is 0 Å². The van der Waals surface area contributed by atoms with Crippen LogP contribution in [-0.4, -0.2) is 11.8 Å². The van der Waals surface area contributed by atoms with Gasteiger partial charge in [0.05, 0.1) is 11.2 Å². The van der Waals surface area contributed by atoms with Crippen LogP contribution < -0.4 is 15.6 Å². The molecule has 0 saturated heterocycles. The smallest absolute Gasteiger partial charge is 0.211 e. The average Bonchev–Trinajstić information content (AvgIpc) is 3.95. The number of thiophene rings is 1. The molecule has 2 aromatic heterocycles. The molecule has 0 bridgehead atoms. The second kappa shape index (κ2) is 14.4. The number of nitrogens with zero attached hydrogens (tertiary/aromatic N) is 1. The third kappa shape index (κ3) is 6.43. The lowest BCUT2D eigenvalue weighted by molar-refractivity contribution is 0.584. The van der Waals surface area contributed by atoms with E-state index in [4.69, 9.17) is 0 Å². The Balaban J connectivity index is 1.25. The van der Waals surface area contributed by atoms with Crippen LogP contribution in [0.5, 0.6) is 0 Å². The summed E-state index contributed by atoms with van der Waals surface area (Å²) in [6, 6.07) is 45.5. The minimum atomic E-state index is -0.279. The molecule has 70 heavy (non-hydrogen) atoms. The summed E-state index contributed by atoms with van der Waals surface area (Å²) in [4.78, 5) is 0. The van der Waals surface area contributed by atoms with E-state index in [-0.39, 0.29) is 32.5 Å². The Morgan fingerprint density at radius 1 is 0.500 bits per heavy atom. The molecule has 2 aliphatic carbocycles. The Morgan fingerprint density at radius 3 is 1.76 bits per heavy atom. The van der Waals surface area contributed by atoms with Gasteiger partial charge < -0.3 is 9.88 Å². The van der Waals surface area contributed by atoms with Crippen LogP contribution in [0.1, 0.15) is 155 Å². The van der Waals surface area contributed by atoms with Crippen molar-refractivity contribution in [1.29, 1.82) is 0 Å². The topological polar surface area (TPSA) is 17.0 Å². The van der Waals surface area contributed by atoms with Gasteiger partial charge in [-0.05, 0) is 153 Å². The molecule has 0 amide bonds. The number of benzene rings is 7. The highest BCUT2D eigenvalue weighted by molar-refractivity contribution is 7.29. The second-order valence-electron chi connectivity index (χ2n) is 26.2. The van der Waals surface area contributed by atoms with Crippen LogP contribution in [0.2, 0.25) is 0 Å². The zero-order chi connectivity index (χ0) is 49.6. The van der Waals surface area contributed by atoms with E-state index in [0.29, 0.717) is 0 Å². The van der Waals surface area contributed by atoms with Gasteiger partial charge in [-0.3, -0.25) is 0 Å². The van der Waals surface area contributed by atoms with Crippen molar-refractivity contribution >= 4 is 72.1 Å². The molecule has 3 aliphatic rings. The Bertz CT molecular complexity index is 3730. The molecule has 2 nitrogen and oxygen atoms in total. The van der Waals surface area contributed by atoms with Crippen LogP contribution >= 0.6 is 11.3 Å². The Hall–Kier alpha value is -5.84. The van der Waals surface area contributed by atoms with Crippen molar-refractivity contribution in [3.05, 3.63) is 160 Å². The molecule has 3 heterocycles. The average molecular weight is 932 g/mol. The quantitative estimate of drug-likeness (QED) is 0.175. The number of hydrogen-bond acceptors (Lipinski definition) is 2. The van der Waals surface area contributed by atoms with Crippen molar-refractivity contribution in [2.24, 2.45) is 0 Å². The largest absolute Gasteiger partial charge is 0.355 e. The lowest BCUT2D eigenvalue weighted by Crippen LogP contribution is -2.36. The number of fused-ring (bicyclic) bond motifs is 14. The van der Waals surface area contributed by atoms with Crippen molar-refractivity contribution in [2.45, 2.75) is 143 Å². The molecule has 1 N–H and O–H groups in total. The maximum absolute atomic E-state index is 4.13. The van der Waals surface area contributed by atoms with Crippen LogP contribution in [-0.2, 0) is 32.5 Å². The van der Waals surface area contributed by atoms with Gasteiger partial charge in [-0.15, -0.1) is 11.3 Å². The van der Waals surface area contributed by atoms with Crippen molar-refractivity contribution in [1.82, 2.24) is 4.57 Å². The van der Waals surface area contributed by atoms with Gasteiger partial charge in [0.25, 0.3) is 0 Å². The highest BCUT2D eigenvalue weighted by atomic mass is 32.1. The van der Waals surface area contributed by atoms with Crippen molar-refractivity contribution in [3.8, 4) is 39.1 Å². The first kappa shape index (κ1) is 45.3. The first-order valence-electron chi connectivity index (χ1n) is 25.7. The Labute approximate surface area is 421 Å². The number of aromatic nitrogens is 1. The summed E-state index contributed by atoms with van der Waals surface area (Å²) in [5.41, 5.74) is 26.0. The maximum Gasteiger partial charge on any atom is 0.211 e. The van der Waals surface area contributed by atoms with Crippen LogP contribution in [0.15, 0.2) is 115 Å². The predicted octanol–water partition coefficient (Wildman–Crippen LogP) is 17.2. The monoisotopic (exact) mass is 932 g/mol. The fourth-order valence-corrected chi connectivity index (χ4v) is 13.6. The summed E-state index contributed by atoms with van der Waals surface area (Å²) in [6.07, 6.45) is 0. The van der Waals surface area contributed by atoms with Gasteiger partial charge in [-0.2, -0.15) is 0 Å². The first-order valence-corrected chi connectivity index (χ1v) is 26.5. The highest BCUT2D eigenvalue weighted by Crippen LogP contribution is 2.59. The summed E-state index contributed by atoms with van der Waals surface area (Å²) in [7, 11) is 2.59. The molecule has 0 atom stereocenters. The van der Waals surface area contributed by atoms with Gasteiger partial charge >= 0.3 is 0 Å². The Morgan fingerprint density at radius 2 is 1.09 bits per heavy atom. The molecule has 351 valence electrons. The molecule has 0 unspecified atom stereocenters. The van der Waals surface area contributed by atoms with Crippen LogP contribution in [0.3, 0.4) is 0 Å². The lowest BCUT2D eigenvalue weighted by atomic mass is 9.61. The molecular formula is C66H68BN2S. The first-order chi connectivity index (χ1) is 32.7. The van der Waals surface area contributed by atoms with E-state index in [1.807, 2.05) is 11.3 Å². The van der Waals surface area contributed by atoms with Gasteiger partial charge in [0.1, 0.15) is 0 Å². The number of anilines is 2. The molecular weight excluding hydrogens is 864 g/mol. The summed E-state index contributed by atoms with van der Waals surface area (Å²) in [5, 5.41) is 8.21. The van der Waals surface area contributed by atoms with E-state index in [2.05, 4.69) is 243 Å². The minimum absolute atomic E-state index is 0.0184. The molecule has 12 rings (SSSR count). The summed E-state index contributed by atoms with van der Waals surface area (Å²) in [5.74, 6) is 0. The molecule has 1 radical (unpaired) electrons. The zero-order valence-electron chi connectivity index (χ0n) is 44.4. The predicted molar refractivity (Wildman–Crippen MR) is 306 cm³/mol. The summed E-state index contributed by atoms with van der Waals surface area (Å²) < 4.78 is 5.35. The zero-order valence-corrected chi connectivity index (χ0v) is 45.2. The number of rotatable bonds is 3. The molecule has 9 aromatic rings. The standard InChI is InChI=1S/C66H68BN2S/c1-61(2,3)36-21-26-40(27-22-36)68-50-35-43-41-28-23-39(64(10,11)12)33-48(41)65(13,14)49(43)34-44(50)54-53-42-19-17-18-20-47(42)66(15,16)56(53)55-45-31-37(62(4,5)6)24-29-51(45)69-58-46-32-38(63(7,8)9)25-30-52(46)70-60(58)67-57(54)59(55)69/h17-35,68H,1-16H3. The van der Waals surface area contributed by atoms with Gasteiger partial charge in [-0.25, -0.2) is 0 Å². The van der Waals surface area contributed by atoms with Gasteiger partial charge in [0, 0.05) is 54.1 Å². The SMILES string of the molecule is CC(C)(C)c1ccc(Nc2cc3c(cc2-c2c4c(c5c6cc(C(C)(C)C)ccc6n6c5c2[B]c2sc5ccc(C(C)(C)C)cc5c2-6)C(C)(C)c2ccccc2-4)C(C)(C)c2cc(C(C)(C)C)ccc2-3)cc1. The molecule has 0 spiro atoms. The van der Waals surface area contributed by atoms with Crippen LogP contribution in [0.25, 0.3) is 71.0 Å². The van der Waals surface area contributed by atoms with Crippen molar-refractivity contribution < 1.29 is 0 Å². The normalized spacial score (nSPS) is 15.5. The molecule has 0 saturated carbocycles. The van der Waals surface area contributed by atoms with Gasteiger partial charge in [0.2, 0.25) is 7.28 Å². The summed E-state index contributed by atoms with van der Waals surface area (Å²) in [6.45, 7) is 37.9. The second-order valence-corrected chi connectivity index (χ2v) is 27.3. The van der Waals surface area contributed by atoms with Crippen LogP contribution in [0.4, 0.5) is 11.4 Å². The van der Waals surface area contributed by atoms with Crippen LogP contribution in [0, 0.1) is 0 Å². The van der Waals surface area contributed by atoms with E-state index in [1.54, 1.807) is 0 Å². The van der Waals surface area contributed by atoms with E-state index < -0.39 is 0 Å². The third-order valence-corrected chi connectivity index (χ3v) is 17.7. The molecule has 0 fully saturated rings. The van der Waals surface area contributed by atoms with Crippen molar-refractivity contribution in [2.75, 3.05) is 5.32 Å². The third-order valence-electron chi connectivity index (χ3n) is 16.6. The summed E-state index contributed by atoms with van der Waals surface area (Å²) >= 11 is 1.94. The molecule has 4 heteroatoms. The number of nitrogens with one attached hydrogen (secondary N) is 1. The molecule has 7 aromatic carbocycles. The van der Waals surface area contributed by atoms with Gasteiger partial charge in [-0.1, -0.05) is 178 Å². The lowest BCUT2D eigenvalue weighted by Gasteiger charge is -2.29. The molecule has 1 aliphatic heterocycles. The minimum Gasteiger partial charge on any atom is -0.355 e. The van der Waals surface area contributed by atoms with E-state index in [9.17, 15) is 0 Å². The van der Waals surface area contributed by atoms with E-state index >= 15 is 0 Å². The fourth-order valence-electron chi connectivity index (χ4n) is 12.5. The highest BCUT2D eigenvalue weighted by Gasteiger charge is 2.45. The van der Waals surface area contributed by atoms with E-state index in [0.717, 1.165) is 11.4 Å². The fraction of sp³-hybridized carbons (Fsp3) is 0.333. The van der Waals surface area contributed by atoms with Crippen molar-refractivity contribution in [3.63, 3.8) is 0 Å². The Kier molecular flexibility index (Phi) is 9.33. The number of hydrogen-bond donors (Lipinski definition) is 1.